The van der Waals surface area contributed by atoms with E-state index in [4.69, 9.17) is 0 Å². The first-order valence-corrected chi connectivity index (χ1v) is 22.2. The van der Waals surface area contributed by atoms with Gasteiger partial charge >= 0.3 is 10.2 Å². The van der Waals surface area contributed by atoms with E-state index in [9.17, 15) is 32.7 Å². The molecule has 3 amide bonds. The zero-order valence-corrected chi connectivity index (χ0v) is 35.6. The Morgan fingerprint density at radius 2 is 1.63 bits per heavy atom. The summed E-state index contributed by atoms with van der Waals surface area (Å²) in [5.41, 5.74) is 1.78. The lowest BCUT2D eigenvalue weighted by molar-refractivity contribution is -0.138. The number of aromatic amines is 1. The van der Waals surface area contributed by atoms with Crippen LogP contribution in [0.15, 0.2) is 73.3 Å². The maximum absolute atomic E-state index is 15.6. The number of piperidine rings is 2. The number of piperazine rings is 1. The average Bonchev–Trinajstić information content (AvgIpc) is 3.71. The Hall–Kier alpha value is -6.51. The van der Waals surface area contributed by atoms with Crippen molar-refractivity contribution < 1.29 is 37.1 Å². The second-order valence-electron chi connectivity index (χ2n) is 16.1. The zero-order chi connectivity index (χ0) is 44.5. The minimum Gasteiger partial charge on any atom is -0.389 e. The number of pyridine rings is 1. The lowest BCUT2D eigenvalue weighted by Gasteiger charge is -2.41. The highest BCUT2D eigenvalue weighted by Gasteiger charge is 2.37. The number of hydrogen-bond donors (Lipinski definition) is 5. The second kappa shape index (κ2) is 17.7. The number of H-pyrrole nitrogens is 1. The molecule has 3 aliphatic heterocycles. The van der Waals surface area contributed by atoms with E-state index in [2.05, 4.69) is 40.2 Å². The van der Waals surface area contributed by atoms with Gasteiger partial charge < -0.3 is 30.1 Å². The highest BCUT2D eigenvalue weighted by molar-refractivity contribution is 7.90. The highest BCUT2D eigenvalue weighted by Crippen LogP contribution is 2.32. The summed E-state index contributed by atoms with van der Waals surface area (Å²) >= 11 is 0. The largest absolute Gasteiger partial charge is 0.389 e. The lowest BCUT2D eigenvalue weighted by atomic mass is 9.87. The third-order valence-corrected chi connectivity index (χ3v) is 13.5. The van der Waals surface area contributed by atoms with Crippen molar-refractivity contribution in [2.24, 2.45) is 0 Å². The summed E-state index contributed by atoms with van der Waals surface area (Å²) in [5, 5.41) is 17.4. The van der Waals surface area contributed by atoms with E-state index in [1.54, 1.807) is 36.5 Å². The SMILES string of the molecule is CCN(C)S(=O)(=O)Nc1cccc(C(=O)c2c[nH]c3ncc(-c4cnc(N5CCN(C(=O)CC6(O)CCN(c7ccc(NC8CCC(=O)NC8=O)cc7)CC6)CC5)nc4)cc23)c1F. The molecule has 63 heavy (non-hydrogen) atoms. The number of nitrogens with zero attached hydrogens (tertiary/aromatic N) is 7. The number of benzene rings is 2. The van der Waals surface area contributed by atoms with Crippen molar-refractivity contribution in [2.45, 2.75) is 50.7 Å². The Morgan fingerprint density at radius 1 is 0.937 bits per heavy atom. The van der Waals surface area contributed by atoms with E-state index in [-0.39, 0.29) is 47.5 Å². The maximum atomic E-state index is 15.6. The smallest absolute Gasteiger partial charge is 0.301 e. The van der Waals surface area contributed by atoms with E-state index < -0.39 is 33.5 Å². The van der Waals surface area contributed by atoms with Gasteiger partial charge in [-0.2, -0.15) is 12.7 Å². The van der Waals surface area contributed by atoms with Gasteiger partial charge in [-0.3, -0.25) is 29.2 Å². The quantitative estimate of drug-likeness (QED) is 0.0847. The van der Waals surface area contributed by atoms with Crippen LogP contribution in [0.5, 0.6) is 0 Å². The number of aromatic nitrogens is 4. The standard InChI is InChI=1S/C43H48FN11O7S/c1-3-52(2)63(61,62)51-34-6-4-5-31(38(34)44)39(58)33-26-46-40-32(33)21-27(23-45-40)28-24-47-42(48-25-28)55-19-17-54(18-20-55)37(57)22-43(60)13-15-53(16-14-43)30-9-7-29(8-10-30)49-35-11-12-36(56)50-41(35)59/h4-10,21,23-26,35,49,51,60H,3,11-20,22H2,1-2H3,(H,45,46)(H,50,56,59). The first kappa shape index (κ1) is 43.2. The molecule has 5 N–H and O–H groups in total. The van der Waals surface area contributed by atoms with Crippen molar-refractivity contribution in [1.29, 1.82) is 0 Å². The summed E-state index contributed by atoms with van der Waals surface area (Å²) in [7, 11) is -2.67. The highest BCUT2D eigenvalue weighted by atomic mass is 32.2. The molecule has 330 valence electrons. The minimum atomic E-state index is -4.03. The third-order valence-electron chi connectivity index (χ3n) is 12.0. The summed E-state index contributed by atoms with van der Waals surface area (Å²) in [6.07, 6.45) is 7.99. The molecule has 0 bridgehead atoms. The number of aliphatic hydroxyl groups is 1. The molecule has 6 heterocycles. The van der Waals surface area contributed by atoms with Gasteiger partial charge in [0, 0.05) is 118 Å². The number of hydrogen-bond acceptors (Lipinski definition) is 13. The van der Waals surface area contributed by atoms with Gasteiger partial charge in [-0.25, -0.2) is 19.3 Å². The topological polar surface area (TPSA) is 226 Å². The predicted molar refractivity (Wildman–Crippen MR) is 234 cm³/mol. The first-order valence-electron chi connectivity index (χ1n) is 20.8. The van der Waals surface area contributed by atoms with E-state index in [0.29, 0.717) is 93.1 Å². The maximum Gasteiger partial charge on any atom is 0.301 e. The van der Waals surface area contributed by atoms with Crippen molar-refractivity contribution in [2.75, 3.05) is 72.7 Å². The normalized spacial score (nSPS) is 18.1. The van der Waals surface area contributed by atoms with Gasteiger partial charge in [-0.1, -0.05) is 13.0 Å². The van der Waals surface area contributed by atoms with Crippen LogP contribution in [0.3, 0.4) is 0 Å². The monoisotopic (exact) mass is 881 g/mol. The van der Waals surface area contributed by atoms with Gasteiger partial charge in [0.2, 0.25) is 23.7 Å². The number of carbonyl (C=O) groups excluding carboxylic acids is 4. The van der Waals surface area contributed by atoms with Crippen LogP contribution in [-0.4, -0.2) is 131 Å². The fourth-order valence-electron chi connectivity index (χ4n) is 8.01. The number of imide groups is 1. The van der Waals surface area contributed by atoms with Crippen LogP contribution in [0.25, 0.3) is 22.2 Å². The second-order valence-corrected chi connectivity index (χ2v) is 17.8. The Morgan fingerprint density at radius 3 is 2.32 bits per heavy atom. The number of halogens is 1. The Kier molecular flexibility index (Phi) is 12.1. The van der Waals surface area contributed by atoms with Gasteiger partial charge in [0.1, 0.15) is 11.7 Å². The van der Waals surface area contributed by atoms with Crippen molar-refractivity contribution in [3.8, 4) is 11.1 Å². The van der Waals surface area contributed by atoms with Crippen molar-refractivity contribution in [3.05, 3.63) is 90.3 Å². The Bertz CT molecular complexity index is 2650. The molecule has 3 fully saturated rings. The number of fused-ring (bicyclic) bond motifs is 1. The number of carbonyl (C=O) groups is 4. The summed E-state index contributed by atoms with van der Waals surface area (Å²) < 4.78 is 43.9. The predicted octanol–water partition coefficient (Wildman–Crippen LogP) is 3.29. The van der Waals surface area contributed by atoms with Crippen molar-refractivity contribution in [1.82, 2.24) is 34.5 Å². The molecule has 3 aromatic heterocycles. The van der Waals surface area contributed by atoms with Crippen LogP contribution in [0.1, 0.15) is 54.9 Å². The van der Waals surface area contributed by atoms with Gasteiger partial charge in [-0.05, 0) is 61.7 Å². The van der Waals surface area contributed by atoms with Crippen LogP contribution >= 0.6 is 0 Å². The number of rotatable bonds is 13. The van der Waals surface area contributed by atoms with Crippen LogP contribution in [0.4, 0.5) is 27.4 Å². The number of nitrogens with one attached hydrogen (secondary N) is 4. The summed E-state index contributed by atoms with van der Waals surface area (Å²) in [6.45, 7) is 4.87. The van der Waals surface area contributed by atoms with E-state index in [1.165, 1.54) is 31.4 Å². The van der Waals surface area contributed by atoms with E-state index in [0.717, 1.165) is 15.7 Å². The molecular formula is C43H48FN11O7S. The molecule has 1 atom stereocenters. The van der Waals surface area contributed by atoms with Gasteiger partial charge in [0.05, 0.1) is 23.3 Å². The molecule has 20 heteroatoms. The molecule has 1 unspecified atom stereocenters. The zero-order valence-electron chi connectivity index (χ0n) is 34.8. The van der Waals surface area contributed by atoms with Crippen LogP contribution < -0.4 is 25.2 Å². The van der Waals surface area contributed by atoms with Gasteiger partial charge in [0.15, 0.2) is 11.6 Å². The fraction of sp³-hybridized carbons (Fsp3) is 0.372. The molecule has 0 aliphatic carbocycles. The van der Waals surface area contributed by atoms with Crippen LogP contribution in [0.2, 0.25) is 0 Å². The molecule has 8 rings (SSSR count). The Balaban J connectivity index is 0.836. The lowest BCUT2D eigenvalue weighted by Crippen LogP contribution is -2.52. The van der Waals surface area contributed by atoms with Gasteiger partial charge in [-0.15, -0.1) is 0 Å². The number of amides is 3. The number of anilines is 4. The summed E-state index contributed by atoms with van der Waals surface area (Å²) in [6, 6.07) is 12.9. The molecule has 3 saturated heterocycles. The average molecular weight is 882 g/mol. The molecular weight excluding hydrogens is 834 g/mol. The van der Waals surface area contributed by atoms with Crippen molar-refractivity contribution in [3.63, 3.8) is 0 Å². The molecule has 0 radical (unpaired) electrons. The van der Waals surface area contributed by atoms with E-state index >= 15 is 4.39 Å². The summed E-state index contributed by atoms with van der Waals surface area (Å²) in [4.78, 5) is 73.2. The summed E-state index contributed by atoms with van der Waals surface area (Å²) in [5.74, 6) is -1.86. The Labute approximate surface area is 363 Å². The molecule has 3 aliphatic rings. The minimum absolute atomic E-state index is 0.0351. The molecule has 18 nitrogen and oxygen atoms in total. The van der Waals surface area contributed by atoms with Crippen molar-refractivity contribution >= 4 is 67.8 Å². The molecule has 2 aromatic carbocycles. The van der Waals surface area contributed by atoms with Gasteiger partial charge in [0.25, 0.3) is 0 Å². The fourth-order valence-corrected chi connectivity index (χ4v) is 8.94. The van der Waals surface area contributed by atoms with Crippen LogP contribution in [-0.2, 0) is 24.6 Å². The van der Waals surface area contributed by atoms with Crippen LogP contribution in [0, 0.1) is 5.82 Å². The van der Waals surface area contributed by atoms with E-state index in [1.807, 2.05) is 29.2 Å². The molecule has 5 aromatic rings. The number of ketones is 1. The molecule has 0 saturated carbocycles. The third kappa shape index (κ3) is 9.32. The molecule has 0 spiro atoms. The first-order chi connectivity index (χ1) is 30.2.